The molecule has 0 radical (unpaired) electrons. The molecule has 342 valence electrons. The Bertz CT molecular complexity index is 4130. The first-order valence-corrected chi connectivity index (χ1v) is 25.4. The van der Waals surface area contributed by atoms with Crippen molar-refractivity contribution in [1.82, 2.24) is 23.7 Å². The van der Waals surface area contributed by atoms with Crippen LogP contribution in [-0.2, 0) is 16.2 Å². The summed E-state index contributed by atoms with van der Waals surface area (Å²) in [6.45, 7) is 14.2. The Morgan fingerprint density at radius 1 is 0.264 bits per heavy atom. The van der Waals surface area contributed by atoms with E-state index < -0.39 is 0 Å². The van der Waals surface area contributed by atoms with E-state index in [0.717, 1.165) is 44.7 Å². The summed E-state index contributed by atoms with van der Waals surface area (Å²) in [6.07, 6.45) is 0. The van der Waals surface area contributed by atoms with E-state index in [9.17, 15) is 0 Å². The van der Waals surface area contributed by atoms with Gasteiger partial charge in [0.25, 0.3) is 0 Å². The number of nitrogens with zero attached hydrogens (tertiary/aromatic N) is 5. The average molecular weight is 924 g/mol. The molecule has 0 aliphatic heterocycles. The minimum Gasteiger partial charge on any atom is -0.294 e. The molecule has 13 aromatic rings. The van der Waals surface area contributed by atoms with Gasteiger partial charge in [-0.05, 0) is 121 Å². The summed E-state index contributed by atoms with van der Waals surface area (Å²) < 4.78 is 7.17. The number of hydrogen-bond donors (Lipinski definition) is 0. The molecule has 0 spiro atoms. The van der Waals surface area contributed by atoms with Gasteiger partial charge >= 0.3 is 0 Å². The second-order valence-electron chi connectivity index (χ2n) is 22.2. The highest BCUT2D eigenvalue weighted by atomic mass is 15.2. The molecule has 0 atom stereocenters. The third kappa shape index (κ3) is 4.93. The van der Waals surface area contributed by atoms with Crippen LogP contribution in [0.2, 0.25) is 0 Å². The van der Waals surface area contributed by atoms with E-state index in [0.29, 0.717) is 5.95 Å². The van der Waals surface area contributed by atoms with Gasteiger partial charge in [0.1, 0.15) is 11.6 Å². The van der Waals surface area contributed by atoms with Gasteiger partial charge in [0.05, 0.1) is 33.1 Å². The first-order valence-electron chi connectivity index (χ1n) is 25.4. The zero-order chi connectivity index (χ0) is 48.2. The van der Waals surface area contributed by atoms with Gasteiger partial charge in [-0.2, -0.15) is 9.97 Å². The topological polar surface area (TPSA) is 40.6 Å². The van der Waals surface area contributed by atoms with Gasteiger partial charge in [-0.3, -0.25) is 13.7 Å². The molecule has 9 aromatic carbocycles. The summed E-state index contributed by atoms with van der Waals surface area (Å²) in [6, 6.07) is 70.3. The lowest BCUT2D eigenvalue weighted by molar-refractivity contribution is 0.661. The van der Waals surface area contributed by atoms with Crippen LogP contribution < -0.4 is 0 Å². The third-order valence-electron chi connectivity index (χ3n) is 17.5. The normalized spacial score (nSPS) is 15.4. The summed E-state index contributed by atoms with van der Waals surface area (Å²) in [5, 5.41) is 7.18. The standard InChI is InChI=1S/C67H49N5/c1-65(2)50-25-13-7-19-38(50)44-31-47-41-22-10-16-28-56(41)70(59(47)34-53(44)65)62-37-63(71-57-29-17-11-23-42(57)48-32-45-39-20-8-14-26-51(39)66(3,4)54(45)35-60(48)71)69-64(68-62)72-58-30-18-12-24-43(58)49-33-46-40-21-9-15-27-52(40)67(5,6)55(46)36-61(49)72/h7-37H,1-6H3. The van der Waals surface area contributed by atoms with E-state index in [1.165, 1.54) is 99.1 Å². The van der Waals surface area contributed by atoms with E-state index >= 15 is 0 Å². The fraction of sp³-hybridized carbons (Fsp3) is 0.134. The average Bonchev–Trinajstić information content (AvgIpc) is 4.18. The van der Waals surface area contributed by atoms with E-state index in [-0.39, 0.29) is 16.2 Å². The minimum atomic E-state index is -0.192. The molecule has 4 aromatic heterocycles. The number of benzene rings is 9. The van der Waals surface area contributed by atoms with Gasteiger partial charge in [0.2, 0.25) is 5.95 Å². The molecule has 0 amide bonds. The van der Waals surface area contributed by atoms with E-state index in [2.05, 4.69) is 243 Å². The van der Waals surface area contributed by atoms with Gasteiger partial charge in [0, 0.05) is 54.6 Å². The fourth-order valence-electron chi connectivity index (χ4n) is 13.9. The van der Waals surface area contributed by atoms with Crippen LogP contribution in [0.25, 0.3) is 116 Å². The lowest BCUT2D eigenvalue weighted by Gasteiger charge is -2.22. The molecule has 0 unspecified atom stereocenters. The Morgan fingerprint density at radius 2 is 0.569 bits per heavy atom. The van der Waals surface area contributed by atoms with Crippen molar-refractivity contribution in [2.75, 3.05) is 0 Å². The molecule has 3 aliphatic rings. The van der Waals surface area contributed by atoms with Gasteiger partial charge in [-0.1, -0.05) is 169 Å². The molecule has 0 bridgehead atoms. The Morgan fingerprint density at radius 3 is 0.944 bits per heavy atom. The Kier molecular flexibility index (Phi) is 7.51. The second kappa shape index (κ2) is 13.4. The molecular weight excluding hydrogens is 875 g/mol. The lowest BCUT2D eigenvalue weighted by Crippen LogP contribution is -2.15. The predicted octanol–water partition coefficient (Wildman–Crippen LogP) is 16.7. The molecular formula is C67H49N5. The van der Waals surface area contributed by atoms with E-state index in [1.54, 1.807) is 0 Å². The highest BCUT2D eigenvalue weighted by Gasteiger charge is 2.39. The Hall–Kier alpha value is -8.54. The minimum absolute atomic E-state index is 0.184. The van der Waals surface area contributed by atoms with Crippen molar-refractivity contribution in [3.05, 3.63) is 221 Å². The monoisotopic (exact) mass is 923 g/mol. The fourth-order valence-corrected chi connectivity index (χ4v) is 13.9. The number of hydrogen-bond acceptors (Lipinski definition) is 2. The van der Waals surface area contributed by atoms with Crippen molar-refractivity contribution in [2.45, 2.75) is 57.8 Å². The highest BCUT2D eigenvalue weighted by molar-refractivity contribution is 6.14. The summed E-state index contributed by atoms with van der Waals surface area (Å²) in [7, 11) is 0. The number of para-hydroxylation sites is 3. The first kappa shape index (κ1) is 40.2. The zero-order valence-electron chi connectivity index (χ0n) is 41.1. The first-order chi connectivity index (χ1) is 35.0. The van der Waals surface area contributed by atoms with Crippen LogP contribution in [0.15, 0.2) is 188 Å². The van der Waals surface area contributed by atoms with Gasteiger partial charge in [0.15, 0.2) is 0 Å². The van der Waals surface area contributed by atoms with Crippen LogP contribution in [0.3, 0.4) is 0 Å². The molecule has 0 fully saturated rings. The summed E-state index contributed by atoms with van der Waals surface area (Å²) in [5.41, 5.74) is 22.0. The molecule has 5 nitrogen and oxygen atoms in total. The largest absolute Gasteiger partial charge is 0.294 e. The molecule has 0 N–H and O–H groups in total. The van der Waals surface area contributed by atoms with Crippen LogP contribution in [0.5, 0.6) is 0 Å². The van der Waals surface area contributed by atoms with Crippen LogP contribution in [0, 0.1) is 0 Å². The van der Waals surface area contributed by atoms with Gasteiger partial charge in [-0.25, -0.2) is 0 Å². The SMILES string of the molecule is CC1(C)c2ccccc2-c2cc3c4ccccc4n(-c4cc(-n5c6ccccc6c6cc7c(cc65)C(C)(C)c5ccccc5-7)nc(-n5c6ccccc6c6cc7c(cc65)C(C)(C)c5ccccc5-7)n4)c3cc21. The van der Waals surface area contributed by atoms with Gasteiger partial charge < -0.3 is 0 Å². The van der Waals surface area contributed by atoms with E-state index in [4.69, 9.17) is 9.97 Å². The third-order valence-corrected chi connectivity index (χ3v) is 17.5. The molecule has 72 heavy (non-hydrogen) atoms. The van der Waals surface area contributed by atoms with Crippen LogP contribution in [0.1, 0.15) is 74.9 Å². The van der Waals surface area contributed by atoms with Crippen molar-refractivity contribution in [1.29, 1.82) is 0 Å². The van der Waals surface area contributed by atoms with Crippen LogP contribution in [-0.4, -0.2) is 23.7 Å². The number of fused-ring (bicyclic) bond motifs is 18. The molecule has 0 saturated heterocycles. The quantitative estimate of drug-likeness (QED) is 0.177. The second-order valence-corrected chi connectivity index (χ2v) is 22.2. The molecule has 0 saturated carbocycles. The summed E-state index contributed by atoms with van der Waals surface area (Å²) in [4.78, 5) is 11.7. The number of rotatable bonds is 3. The maximum atomic E-state index is 5.84. The van der Waals surface area contributed by atoms with Crippen LogP contribution in [0.4, 0.5) is 0 Å². The Labute approximate surface area is 417 Å². The smallest absolute Gasteiger partial charge is 0.238 e. The summed E-state index contributed by atoms with van der Waals surface area (Å²) in [5.74, 6) is 2.25. The van der Waals surface area contributed by atoms with Crippen molar-refractivity contribution in [3.63, 3.8) is 0 Å². The highest BCUT2D eigenvalue weighted by Crippen LogP contribution is 2.54. The van der Waals surface area contributed by atoms with E-state index in [1.807, 2.05) is 0 Å². The predicted molar refractivity (Wildman–Crippen MR) is 298 cm³/mol. The maximum Gasteiger partial charge on any atom is 0.238 e. The van der Waals surface area contributed by atoms with Gasteiger partial charge in [-0.15, -0.1) is 0 Å². The number of aromatic nitrogens is 5. The summed E-state index contributed by atoms with van der Waals surface area (Å²) >= 11 is 0. The van der Waals surface area contributed by atoms with Crippen molar-refractivity contribution in [2.24, 2.45) is 0 Å². The van der Waals surface area contributed by atoms with Crippen molar-refractivity contribution < 1.29 is 0 Å². The molecule has 5 heteroatoms. The van der Waals surface area contributed by atoms with Crippen LogP contribution >= 0.6 is 0 Å². The lowest BCUT2D eigenvalue weighted by atomic mass is 9.82. The van der Waals surface area contributed by atoms with Crippen molar-refractivity contribution >= 4 is 65.4 Å². The maximum absolute atomic E-state index is 5.84. The molecule has 4 heterocycles. The zero-order valence-corrected chi connectivity index (χ0v) is 41.1. The molecule has 16 rings (SSSR count). The van der Waals surface area contributed by atoms with Crippen molar-refractivity contribution in [3.8, 4) is 51.0 Å². The Balaban J connectivity index is 1.04. The molecule has 3 aliphatic carbocycles.